The summed E-state index contributed by atoms with van der Waals surface area (Å²) in [5.41, 5.74) is 9.34. The quantitative estimate of drug-likeness (QED) is 0.799. The molecule has 1 aromatic heterocycles. The van der Waals surface area contributed by atoms with Crippen molar-refractivity contribution >= 4 is 0 Å². The van der Waals surface area contributed by atoms with E-state index in [0.29, 0.717) is 18.4 Å². The fourth-order valence-corrected chi connectivity index (χ4v) is 1.54. The van der Waals surface area contributed by atoms with Gasteiger partial charge in [0, 0.05) is 18.4 Å². The lowest BCUT2D eigenvalue weighted by atomic mass is 9.96. The van der Waals surface area contributed by atoms with Crippen LogP contribution in [0.3, 0.4) is 0 Å². The fraction of sp³-hybridized carbons (Fsp3) is 0.583. The number of nitrogens with zero attached hydrogens (tertiary/aromatic N) is 1. The highest BCUT2D eigenvalue weighted by Crippen LogP contribution is 2.22. The Morgan fingerprint density at radius 2 is 1.86 bits per heavy atom. The van der Waals surface area contributed by atoms with E-state index in [1.165, 1.54) is 11.1 Å². The Morgan fingerprint density at radius 3 is 2.29 bits per heavy atom. The molecular formula is C12H20N2. The average molecular weight is 192 g/mol. The standard InChI is InChI=1S/C12H20N2/c1-8(2)11-5-12(9(3)4)14-7-10(11)6-13/h5,7-9H,6,13H2,1-4H3. The van der Waals surface area contributed by atoms with Gasteiger partial charge in [0.15, 0.2) is 0 Å². The molecule has 0 saturated heterocycles. The number of aromatic nitrogens is 1. The van der Waals surface area contributed by atoms with E-state index in [2.05, 4.69) is 38.7 Å². The highest BCUT2D eigenvalue weighted by molar-refractivity contribution is 5.30. The molecule has 0 aliphatic rings. The van der Waals surface area contributed by atoms with Gasteiger partial charge >= 0.3 is 0 Å². The second-order valence-electron chi connectivity index (χ2n) is 4.32. The molecule has 2 heteroatoms. The molecule has 0 fully saturated rings. The average Bonchev–Trinajstić information content (AvgIpc) is 2.16. The van der Waals surface area contributed by atoms with Crippen LogP contribution in [-0.4, -0.2) is 4.98 Å². The first-order chi connectivity index (χ1) is 6.56. The molecule has 1 heterocycles. The molecule has 0 aliphatic heterocycles. The Balaban J connectivity index is 3.14. The molecule has 14 heavy (non-hydrogen) atoms. The van der Waals surface area contributed by atoms with Gasteiger partial charge in [-0.05, 0) is 29.0 Å². The first-order valence-electron chi connectivity index (χ1n) is 5.25. The SMILES string of the molecule is CC(C)c1cc(C(C)C)c(CN)cn1. The molecule has 0 radical (unpaired) electrons. The van der Waals surface area contributed by atoms with Gasteiger partial charge in [-0.1, -0.05) is 27.7 Å². The molecule has 2 nitrogen and oxygen atoms in total. The maximum atomic E-state index is 5.67. The summed E-state index contributed by atoms with van der Waals surface area (Å²) in [5.74, 6) is 1.01. The van der Waals surface area contributed by atoms with Gasteiger partial charge in [-0.3, -0.25) is 4.98 Å². The first kappa shape index (κ1) is 11.2. The van der Waals surface area contributed by atoms with Crippen molar-refractivity contribution < 1.29 is 0 Å². The zero-order valence-electron chi connectivity index (χ0n) is 9.54. The van der Waals surface area contributed by atoms with Gasteiger partial charge in [0.2, 0.25) is 0 Å². The van der Waals surface area contributed by atoms with Crippen LogP contribution >= 0.6 is 0 Å². The van der Waals surface area contributed by atoms with Crippen molar-refractivity contribution in [2.24, 2.45) is 5.73 Å². The summed E-state index contributed by atoms with van der Waals surface area (Å²) >= 11 is 0. The monoisotopic (exact) mass is 192 g/mol. The van der Waals surface area contributed by atoms with Crippen molar-refractivity contribution in [3.63, 3.8) is 0 Å². The van der Waals surface area contributed by atoms with Crippen LogP contribution in [0.15, 0.2) is 12.3 Å². The summed E-state index contributed by atoms with van der Waals surface area (Å²) in [5, 5.41) is 0. The summed E-state index contributed by atoms with van der Waals surface area (Å²) in [7, 11) is 0. The number of hydrogen-bond donors (Lipinski definition) is 1. The first-order valence-corrected chi connectivity index (χ1v) is 5.25. The van der Waals surface area contributed by atoms with Crippen molar-refractivity contribution in [1.29, 1.82) is 0 Å². The number of nitrogens with two attached hydrogens (primary N) is 1. The van der Waals surface area contributed by atoms with E-state index in [1.54, 1.807) is 0 Å². The molecule has 0 spiro atoms. The Morgan fingerprint density at radius 1 is 1.21 bits per heavy atom. The molecule has 78 valence electrons. The molecular weight excluding hydrogens is 172 g/mol. The molecule has 0 saturated carbocycles. The van der Waals surface area contributed by atoms with E-state index in [1.807, 2.05) is 6.20 Å². The predicted octanol–water partition coefficient (Wildman–Crippen LogP) is 2.79. The smallest absolute Gasteiger partial charge is 0.0432 e. The third kappa shape index (κ3) is 2.32. The minimum absolute atomic E-state index is 0.485. The van der Waals surface area contributed by atoms with E-state index in [4.69, 9.17) is 5.73 Å². The Bertz CT molecular complexity index is 303. The molecule has 2 N–H and O–H groups in total. The normalized spacial score (nSPS) is 11.4. The Labute approximate surface area is 86.5 Å². The van der Waals surface area contributed by atoms with Crippen molar-refractivity contribution in [2.75, 3.05) is 0 Å². The summed E-state index contributed by atoms with van der Waals surface area (Å²) in [4.78, 5) is 4.41. The molecule has 1 aromatic rings. The van der Waals surface area contributed by atoms with Gasteiger partial charge in [0.1, 0.15) is 0 Å². The summed E-state index contributed by atoms with van der Waals surface area (Å²) in [6, 6.07) is 2.19. The molecule has 0 bridgehead atoms. The van der Waals surface area contributed by atoms with Gasteiger partial charge < -0.3 is 5.73 Å². The van der Waals surface area contributed by atoms with E-state index in [-0.39, 0.29) is 0 Å². The van der Waals surface area contributed by atoms with Gasteiger partial charge in [0.05, 0.1) is 0 Å². The van der Waals surface area contributed by atoms with E-state index in [9.17, 15) is 0 Å². The van der Waals surface area contributed by atoms with Crippen LogP contribution in [0, 0.1) is 0 Å². The Hall–Kier alpha value is -0.890. The van der Waals surface area contributed by atoms with Crippen molar-refractivity contribution in [2.45, 2.75) is 46.1 Å². The van der Waals surface area contributed by atoms with Crippen molar-refractivity contribution in [3.8, 4) is 0 Å². The maximum Gasteiger partial charge on any atom is 0.0432 e. The number of rotatable bonds is 3. The van der Waals surface area contributed by atoms with Gasteiger partial charge in [-0.2, -0.15) is 0 Å². The van der Waals surface area contributed by atoms with Crippen LogP contribution in [0.4, 0.5) is 0 Å². The van der Waals surface area contributed by atoms with Crippen molar-refractivity contribution in [1.82, 2.24) is 4.98 Å². The van der Waals surface area contributed by atoms with Crippen molar-refractivity contribution in [3.05, 3.63) is 29.1 Å². The Kier molecular flexibility index (Phi) is 3.64. The van der Waals surface area contributed by atoms with E-state index >= 15 is 0 Å². The van der Waals surface area contributed by atoms with E-state index < -0.39 is 0 Å². The third-order valence-electron chi connectivity index (χ3n) is 2.48. The van der Waals surface area contributed by atoms with Crippen LogP contribution in [0.25, 0.3) is 0 Å². The molecule has 0 aliphatic carbocycles. The zero-order chi connectivity index (χ0) is 10.7. The van der Waals surface area contributed by atoms with Crippen LogP contribution < -0.4 is 5.73 Å². The highest BCUT2D eigenvalue weighted by atomic mass is 14.7. The van der Waals surface area contributed by atoms with Crippen LogP contribution in [0.2, 0.25) is 0 Å². The second kappa shape index (κ2) is 4.56. The molecule has 1 rings (SSSR count). The summed E-state index contributed by atoms with van der Waals surface area (Å²) < 4.78 is 0. The molecule has 0 aromatic carbocycles. The lowest BCUT2D eigenvalue weighted by Gasteiger charge is -2.14. The lowest BCUT2D eigenvalue weighted by Crippen LogP contribution is -2.06. The van der Waals surface area contributed by atoms with Crippen LogP contribution in [0.1, 0.15) is 56.4 Å². The van der Waals surface area contributed by atoms with Gasteiger partial charge in [-0.15, -0.1) is 0 Å². The third-order valence-corrected chi connectivity index (χ3v) is 2.48. The predicted molar refractivity (Wildman–Crippen MR) is 60.3 cm³/mol. The maximum absolute atomic E-state index is 5.67. The van der Waals surface area contributed by atoms with Crippen LogP contribution in [-0.2, 0) is 6.54 Å². The van der Waals surface area contributed by atoms with E-state index in [0.717, 1.165) is 5.69 Å². The second-order valence-corrected chi connectivity index (χ2v) is 4.32. The largest absolute Gasteiger partial charge is 0.326 e. The topological polar surface area (TPSA) is 38.9 Å². The van der Waals surface area contributed by atoms with Crippen LogP contribution in [0.5, 0.6) is 0 Å². The fourth-order valence-electron chi connectivity index (χ4n) is 1.54. The zero-order valence-corrected chi connectivity index (χ0v) is 9.54. The lowest BCUT2D eigenvalue weighted by molar-refractivity contribution is 0.783. The minimum Gasteiger partial charge on any atom is -0.326 e. The number of pyridine rings is 1. The highest BCUT2D eigenvalue weighted by Gasteiger charge is 2.09. The van der Waals surface area contributed by atoms with Gasteiger partial charge in [-0.25, -0.2) is 0 Å². The molecule has 0 atom stereocenters. The summed E-state index contributed by atoms with van der Waals surface area (Å²) in [6.07, 6.45) is 1.92. The minimum atomic E-state index is 0.485. The molecule has 0 unspecified atom stereocenters. The van der Waals surface area contributed by atoms with Gasteiger partial charge in [0.25, 0.3) is 0 Å². The summed E-state index contributed by atoms with van der Waals surface area (Å²) in [6.45, 7) is 9.29. The number of hydrogen-bond acceptors (Lipinski definition) is 2. The molecule has 0 amide bonds.